The lowest BCUT2D eigenvalue weighted by Gasteiger charge is -2.08. The summed E-state index contributed by atoms with van der Waals surface area (Å²) in [6.45, 7) is 3.16. The van der Waals surface area contributed by atoms with E-state index in [9.17, 15) is 4.79 Å². The van der Waals surface area contributed by atoms with E-state index in [4.69, 9.17) is 9.84 Å². The third-order valence-electron chi connectivity index (χ3n) is 2.06. The van der Waals surface area contributed by atoms with Gasteiger partial charge in [-0.2, -0.15) is 0 Å². The van der Waals surface area contributed by atoms with Crippen LogP contribution in [0.25, 0.3) is 0 Å². The van der Waals surface area contributed by atoms with Crippen LogP contribution in [0.4, 0.5) is 4.79 Å². The number of benzene rings is 1. The van der Waals surface area contributed by atoms with Crippen molar-refractivity contribution in [3.05, 3.63) is 29.8 Å². The maximum absolute atomic E-state index is 11.2. The van der Waals surface area contributed by atoms with Crippen LogP contribution < -0.4 is 15.4 Å². The summed E-state index contributed by atoms with van der Waals surface area (Å²) in [6.07, 6.45) is 0. The zero-order chi connectivity index (χ0) is 12.5. The van der Waals surface area contributed by atoms with Gasteiger partial charge in [0.15, 0.2) is 0 Å². The highest BCUT2D eigenvalue weighted by Crippen LogP contribution is 2.12. The molecule has 0 atom stereocenters. The first-order chi connectivity index (χ1) is 8.26. The second kappa shape index (κ2) is 7.51. The minimum absolute atomic E-state index is 0.0623. The first-order valence-electron chi connectivity index (χ1n) is 5.60. The molecule has 94 valence electrons. The molecule has 1 aromatic rings. The Morgan fingerprint density at radius 3 is 2.94 bits per heavy atom. The van der Waals surface area contributed by atoms with Gasteiger partial charge in [-0.1, -0.05) is 12.1 Å². The lowest BCUT2D eigenvalue weighted by Crippen LogP contribution is -2.36. The topological polar surface area (TPSA) is 70.6 Å². The van der Waals surface area contributed by atoms with Gasteiger partial charge in [-0.25, -0.2) is 4.79 Å². The van der Waals surface area contributed by atoms with Crippen molar-refractivity contribution in [1.82, 2.24) is 10.6 Å². The summed E-state index contributed by atoms with van der Waals surface area (Å²) in [7, 11) is 0. The van der Waals surface area contributed by atoms with Crippen LogP contribution in [-0.4, -0.2) is 30.9 Å². The maximum atomic E-state index is 11.2. The van der Waals surface area contributed by atoms with Crippen LogP contribution in [0.3, 0.4) is 0 Å². The summed E-state index contributed by atoms with van der Waals surface area (Å²) in [5, 5.41) is 13.7. The molecule has 17 heavy (non-hydrogen) atoms. The second-order valence-electron chi connectivity index (χ2n) is 3.41. The molecule has 0 heterocycles. The molecule has 3 N–H and O–H groups in total. The van der Waals surface area contributed by atoms with E-state index in [1.165, 1.54) is 0 Å². The van der Waals surface area contributed by atoms with Gasteiger partial charge >= 0.3 is 6.03 Å². The number of carbonyl (C=O) groups excluding carboxylic acids is 1. The quantitative estimate of drug-likeness (QED) is 0.689. The number of nitrogens with one attached hydrogen (secondary N) is 2. The number of amides is 2. The van der Waals surface area contributed by atoms with Gasteiger partial charge in [0.2, 0.25) is 0 Å². The highest BCUT2D eigenvalue weighted by molar-refractivity contribution is 5.73. The van der Waals surface area contributed by atoms with Crippen molar-refractivity contribution >= 4 is 6.03 Å². The molecular formula is C12H18N2O3. The molecule has 0 bridgehead atoms. The fourth-order valence-electron chi connectivity index (χ4n) is 1.33. The molecule has 0 saturated carbocycles. The van der Waals surface area contributed by atoms with Crippen molar-refractivity contribution in [3.8, 4) is 5.75 Å². The molecule has 1 aromatic carbocycles. The first-order valence-corrected chi connectivity index (χ1v) is 5.60. The van der Waals surface area contributed by atoms with Crippen molar-refractivity contribution in [2.24, 2.45) is 0 Å². The Morgan fingerprint density at radius 2 is 2.24 bits per heavy atom. The van der Waals surface area contributed by atoms with Crippen molar-refractivity contribution in [2.45, 2.75) is 13.5 Å². The van der Waals surface area contributed by atoms with Crippen molar-refractivity contribution < 1.29 is 14.6 Å². The number of aliphatic hydroxyl groups excluding tert-OH is 1. The SMILES string of the molecule is CCOc1cccc(CNC(=O)NCCO)c1. The van der Waals surface area contributed by atoms with E-state index in [0.717, 1.165) is 11.3 Å². The van der Waals surface area contributed by atoms with Crippen molar-refractivity contribution in [1.29, 1.82) is 0 Å². The third kappa shape index (κ3) is 5.21. The summed E-state index contributed by atoms with van der Waals surface area (Å²) < 4.78 is 5.36. The van der Waals surface area contributed by atoms with Gasteiger partial charge in [0.05, 0.1) is 13.2 Å². The van der Waals surface area contributed by atoms with Gasteiger partial charge in [0, 0.05) is 13.1 Å². The fourth-order valence-corrected chi connectivity index (χ4v) is 1.33. The van der Waals surface area contributed by atoms with E-state index < -0.39 is 0 Å². The van der Waals surface area contributed by atoms with Crippen LogP contribution in [-0.2, 0) is 6.54 Å². The van der Waals surface area contributed by atoms with E-state index in [2.05, 4.69) is 10.6 Å². The maximum Gasteiger partial charge on any atom is 0.315 e. The fraction of sp³-hybridized carbons (Fsp3) is 0.417. The monoisotopic (exact) mass is 238 g/mol. The minimum Gasteiger partial charge on any atom is -0.494 e. The Labute approximate surface area is 101 Å². The van der Waals surface area contributed by atoms with Crippen LogP contribution >= 0.6 is 0 Å². The summed E-state index contributed by atoms with van der Waals surface area (Å²) in [5.74, 6) is 0.794. The van der Waals surface area contributed by atoms with E-state index in [1.807, 2.05) is 31.2 Å². The molecule has 0 aromatic heterocycles. The zero-order valence-corrected chi connectivity index (χ0v) is 9.90. The van der Waals surface area contributed by atoms with Crippen LogP contribution in [0.2, 0.25) is 0 Å². The standard InChI is InChI=1S/C12H18N2O3/c1-2-17-11-5-3-4-10(8-11)9-14-12(16)13-6-7-15/h3-5,8,15H,2,6-7,9H2,1H3,(H2,13,14,16). The number of carbonyl (C=O) groups is 1. The van der Waals surface area contributed by atoms with E-state index in [-0.39, 0.29) is 19.2 Å². The molecular weight excluding hydrogens is 220 g/mol. The molecule has 0 saturated heterocycles. The van der Waals surface area contributed by atoms with Gasteiger partial charge in [-0.05, 0) is 24.6 Å². The van der Waals surface area contributed by atoms with Crippen molar-refractivity contribution in [2.75, 3.05) is 19.8 Å². The molecule has 1 rings (SSSR count). The molecule has 0 radical (unpaired) electrons. The van der Waals surface area contributed by atoms with Gasteiger partial charge in [-0.15, -0.1) is 0 Å². The Morgan fingerprint density at radius 1 is 1.41 bits per heavy atom. The number of rotatable bonds is 6. The van der Waals surface area contributed by atoms with Crippen LogP contribution in [0.1, 0.15) is 12.5 Å². The Kier molecular flexibility index (Phi) is 5.88. The lowest BCUT2D eigenvalue weighted by atomic mass is 10.2. The van der Waals surface area contributed by atoms with Crippen LogP contribution in [0, 0.1) is 0 Å². The molecule has 0 aliphatic carbocycles. The molecule has 0 fully saturated rings. The van der Waals surface area contributed by atoms with Crippen LogP contribution in [0.15, 0.2) is 24.3 Å². The predicted molar refractivity (Wildman–Crippen MR) is 64.9 cm³/mol. The summed E-state index contributed by atoms with van der Waals surface area (Å²) in [6, 6.07) is 7.26. The molecule has 0 spiro atoms. The first kappa shape index (κ1) is 13.3. The zero-order valence-electron chi connectivity index (χ0n) is 9.90. The largest absolute Gasteiger partial charge is 0.494 e. The lowest BCUT2D eigenvalue weighted by molar-refractivity contribution is 0.234. The highest BCUT2D eigenvalue weighted by Gasteiger charge is 2.00. The Hall–Kier alpha value is -1.75. The molecule has 0 aliphatic heterocycles. The Bertz CT molecular complexity index is 355. The average molecular weight is 238 g/mol. The normalized spacial score (nSPS) is 9.76. The molecule has 0 aliphatic rings. The summed E-state index contributed by atoms with van der Waals surface area (Å²) in [5.41, 5.74) is 0.968. The third-order valence-corrected chi connectivity index (χ3v) is 2.06. The summed E-state index contributed by atoms with van der Waals surface area (Å²) in [4.78, 5) is 11.2. The molecule has 0 unspecified atom stereocenters. The molecule has 5 nitrogen and oxygen atoms in total. The number of hydrogen-bond acceptors (Lipinski definition) is 3. The van der Waals surface area contributed by atoms with E-state index in [0.29, 0.717) is 13.2 Å². The summed E-state index contributed by atoms with van der Waals surface area (Å²) >= 11 is 0. The van der Waals surface area contributed by atoms with Crippen molar-refractivity contribution in [3.63, 3.8) is 0 Å². The number of urea groups is 1. The minimum atomic E-state index is -0.291. The smallest absolute Gasteiger partial charge is 0.315 e. The van der Waals surface area contributed by atoms with Gasteiger partial charge in [0.25, 0.3) is 0 Å². The number of aliphatic hydroxyl groups is 1. The predicted octanol–water partition coefficient (Wildman–Crippen LogP) is 0.877. The highest BCUT2D eigenvalue weighted by atomic mass is 16.5. The van der Waals surface area contributed by atoms with E-state index >= 15 is 0 Å². The second-order valence-corrected chi connectivity index (χ2v) is 3.41. The number of ether oxygens (including phenoxy) is 1. The average Bonchev–Trinajstić information content (AvgIpc) is 2.35. The van der Waals surface area contributed by atoms with Gasteiger partial charge in [-0.3, -0.25) is 0 Å². The van der Waals surface area contributed by atoms with Gasteiger partial charge < -0.3 is 20.5 Å². The number of hydrogen-bond donors (Lipinski definition) is 3. The van der Waals surface area contributed by atoms with Crippen LogP contribution in [0.5, 0.6) is 5.75 Å². The van der Waals surface area contributed by atoms with Gasteiger partial charge in [0.1, 0.15) is 5.75 Å². The molecule has 5 heteroatoms. The molecule has 2 amide bonds. The van der Waals surface area contributed by atoms with E-state index in [1.54, 1.807) is 0 Å². The Balaban J connectivity index is 2.40.